The molecule has 1 saturated carbocycles. The van der Waals surface area contributed by atoms with E-state index in [9.17, 15) is 0 Å². The minimum atomic E-state index is 0.0888. The minimum absolute atomic E-state index is 0.0888. The lowest BCUT2D eigenvalue weighted by molar-refractivity contribution is -0.146. The Hall–Kier alpha value is -1.06. The first-order chi connectivity index (χ1) is 9.63. The summed E-state index contributed by atoms with van der Waals surface area (Å²) in [4.78, 5) is 0. The maximum atomic E-state index is 6.53. The van der Waals surface area contributed by atoms with Crippen molar-refractivity contribution in [1.82, 2.24) is 0 Å². The molecule has 0 radical (unpaired) electrons. The molecule has 110 valence electrons. The highest BCUT2D eigenvalue weighted by molar-refractivity contribution is 5.38. The molecule has 0 amide bonds. The van der Waals surface area contributed by atoms with Crippen LogP contribution in [-0.2, 0) is 4.74 Å². The minimum Gasteiger partial charge on any atom is -0.496 e. The summed E-state index contributed by atoms with van der Waals surface area (Å²) in [5, 5.41) is 0. The van der Waals surface area contributed by atoms with E-state index in [0.717, 1.165) is 30.8 Å². The maximum Gasteiger partial charge on any atom is 0.122 e. The van der Waals surface area contributed by atoms with Crippen molar-refractivity contribution < 1.29 is 9.47 Å². The number of hydrogen-bond acceptors (Lipinski definition) is 3. The molecule has 1 aromatic rings. The van der Waals surface area contributed by atoms with Crippen LogP contribution in [0.2, 0.25) is 0 Å². The molecule has 20 heavy (non-hydrogen) atoms. The molecule has 1 aromatic carbocycles. The highest BCUT2D eigenvalue weighted by Gasteiger charge is 2.43. The maximum absolute atomic E-state index is 6.53. The predicted octanol–water partition coefficient (Wildman–Crippen LogP) is 3.35. The van der Waals surface area contributed by atoms with Gasteiger partial charge >= 0.3 is 0 Å². The molecule has 3 rings (SSSR count). The van der Waals surface area contributed by atoms with E-state index < -0.39 is 0 Å². The molecule has 2 atom stereocenters. The fourth-order valence-electron chi connectivity index (χ4n) is 3.61. The molecule has 0 aromatic heterocycles. The predicted molar refractivity (Wildman–Crippen MR) is 79.9 cm³/mol. The molecule has 2 fully saturated rings. The molecule has 1 aliphatic carbocycles. The van der Waals surface area contributed by atoms with Crippen LogP contribution in [0.1, 0.15) is 49.3 Å². The van der Waals surface area contributed by atoms with E-state index in [2.05, 4.69) is 25.1 Å². The molecule has 2 unspecified atom stereocenters. The smallest absolute Gasteiger partial charge is 0.122 e. The van der Waals surface area contributed by atoms with Crippen LogP contribution in [0.4, 0.5) is 0 Å². The van der Waals surface area contributed by atoms with E-state index in [4.69, 9.17) is 15.2 Å². The Kier molecular flexibility index (Phi) is 3.74. The van der Waals surface area contributed by atoms with Crippen LogP contribution < -0.4 is 10.5 Å². The van der Waals surface area contributed by atoms with E-state index in [1.165, 1.54) is 24.8 Å². The molecular formula is C17H25NO2. The number of nitrogens with two attached hydrogens (primary N) is 1. The average molecular weight is 275 g/mol. The number of benzene rings is 1. The number of methoxy groups -OCH3 is 1. The number of rotatable bonds is 3. The zero-order valence-electron chi connectivity index (χ0n) is 12.5. The van der Waals surface area contributed by atoms with Gasteiger partial charge in [-0.3, -0.25) is 0 Å². The van der Waals surface area contributed by atoms with Gasteiger partial charge in [-0.15, -0.1) is 0 Å². The Morgan fingerprint density at radius 2 is 2.20 bits per heavy atom. The Balaban J connectivity index is 1.76. The molecule has 2 N–H and O–H groups in total. The van der Waals surface area contributed by atoms with Crippen molar-refractivity contribution >= 4 is 0 Å². The van der Waals surface area contributed by atoms with E-state index in [1.807, 2.05) is 0 Å². The van der Waals surface area contributed by atoms with E-state index >= 15 is 0 Å². The summed E-state index contributed by atoms with van der Waals surface area (Å²) < 4.78 is 11.4. The third kappa shape index (κ3) is 2.45. The summed E-state index contributed by atoms with van der Waals surface area (Å²) in [7, 11) is 1.72. The van der Waals surface area contributed by atoms with Gasteiger partial charge in [0.05, 0.1) is 12.7 Å². The third-order valence-corrected chi connectivity index (χ3v) is 5.12. The zero-order chi connectivity index (χ0) is 14.2. The Labute approximate surface area is 121 Å². The molecule has 1 spiro atoms. The lowest BCUT2D eigenvalue weighted by Crippen LogP contribution is -2.47. The van der Waals surface area contributed by atoms with Crippen LogP contribution in [0.3, 0.4) is 0 Å². The van der Waals surface area contributed by atoms with Crippen molar-refractivity contribution in [2.24, 2.45) is 11.7 Å². The van der Waals surface area contributed by atoms with Crippen LogP contribution in [-0.4, -0.2) is 19.3 Å². The van der Waals surface area contributed by atoms with Gasteiger partial charge in [0.25, 0.3) is 0 Å². The number of aryl methyl sites for hydroxylation is 1. The molecule has 1 aliphatic heterocycles. The summed E-state index contributed by atoms with van der Waals surface area (Å²) in [5.74, 6) is 1.46. The standard InChI is InChI=1S/C17H25NO2/c1-12-4-5-13(10-15(12)19-2)16(18)14-6-9-20-17(11-14)7-3-8-17/h4-5,10,14,16H,3,6-9,11,18H2,1-2H3. The summed E-state index contributed by atoms with van der Waals surface area (Å²) in [6, 6.07) is 6.44. The van der Waals surface area contributed by atoms with Crippen molar-refractivity contribution in [1.29, 1.82) is 0 Å². The van der Waals surface area contributed by atoms with Crippen molar-refractivity contribution in [2.75, 3.05) is 13.7 Å². The van der Waals surface area contributed by atoms with Crippen LogP contribution in [0.15, 0.2) is 18.2 Å². The van der Waals surface area contributed by atoms with Crippen LogP contribution in [0, 0.1) is 12.8 Å². The number of hydrogen-bond donors (Lipinski definition) is 1. The normalized spacial score (nSPS) is 26.1. The van der Waals surface area contributed by atoms with Crippen molar-refractivity contribution in [3.05, 3.63) is 29.3 Å². The second kappa shape index (κ2) is 5.38. The molecule has 2 aliphatic rings. The Bertz CT molecular complexity index is 482. The van der Waals surface area contributed by atoms with Gasteiger partial charge in [0.2, 0.25) is 0 Å². The summed E-state index contributed by atoms with van der Waals surface area (Å²) in [6.07, 6.45) is 5.92. The summed E-state index contributed by atoms with van der Waals surface area (Å²) >= 11 is 0. The van der Waals surface area contributed by atoms with Crippen LogP contribution in [0.25, 0.3) is 0 Å². The monoisotopic (exact) mass is 275 g/mol. The second-order valence-corrected chi connectivity index (χ2v) is 6.39. The topological polar surface area (TPSA) is 44.5 Å². The highest BCUT2D eigenvalue weighted by atomic mass is 16.5. The van der Waals surface area contributed by atoms with Gasteiger partial charge in [-0.1, -0.05) is 12.1 Å². The summed E-state index contributed by atoms with van der Waals surface area (Å²) in [5.41, 5.74) is 9.04. The quantitative estimate of drug-likeness (QED) is 0.920. The first-order valence-electron chi connectivity index (χ1n) is 7.68. The van der Waals surface area contributed by atoms with Crippen LogP contribution >= 0.6 is 0 Å². The van der Waals surface area contributed by atoms with Gasteiger partial charge < -0.3 is 15.2 Å². The van der Waals surface area contributed by atoms with E-state index in [0.29, 0.717) is 5.92 Å². The van der Waals surface area contributed by atoms with Gasteiger partial charge in [-0.2, -0.15) is 0 Å². The fraction of sp³-hybridized carbons (Fsp3) is 0.647. The Morgan fingerprint density at radius 1 is 1.40 bits per heavy atom. The fourth-order valence-corrected chi connectivity index (χ4v) is 3.61. The SMILES string of the molecule is COc1cc(C(N)C2CCOC3(CCC3)C2)ccc1C. The first kappa shape index (κ1) is 13.9. The van der Waals surface area contributed by atoms with Gasteiger partial charge in [-0.05, 0) is 62.1 Å². The lowest BCUT2D eigenvalue weighted by atomic mass is 9.70. The van der Waals surface area contributed by atoms with Gasteiger partial charge in [0, 0.05) is 12.6 Å². The van der Waals surface area contributed by atoms with Gasteiger partial charge in [0.1, 0.15) is 5.75 Å². The zero-order valence-corrected chi connectivity index (χ0v) is 12.5. The molecule has 3 nitrogen and oxygen atoms in total. The molecule has 1 saturated heterocycles. The third-order valence-electron chi connectivity index (χ3n) is 5.12. The molecule has 3 heteroatoms. The first-order valence-corrected chi connectivity index (χ1v) is 7.68. The summed E-state index contributed by atoms with van der Waals surface area (Å²) in [6.45, 7) is 2.92. The van der Waals surface area contributed by atoms with E-state index in [1.54, 1.807) is 7.11 Å². The van der Waals surface area contributed by atoms with Gasteiger partial charge in [0.15, 0.2) is 0 Å². The van der Waals surface area contributed by atoms with Crippen molar-refractivity contribution in [3.8, 4) is 5.75 Å². The highest BCUT2D eigenvalue weighted by Crippen LogP contribution is 2.46. The van der Waals surface area contributed by atoms with Crippen molar-refractivity contribution in [3.63, 3.8) is 0 Å². The van der Waals surface area contributed by atoms with Gasteiger partial charge in [-0.25, -0.2) is 0 Å². The van der Waals surface area contributed by atoms with Crippen molar-refractivity contribution in [2.45, 2.75) is 50.7 Å². The largest absolute Gasteiger partial charge is 0.496 e. The molecule has 1 heterocycles. The van der Waals surface area contributed by atoms with E-state index in [-0.39, 0.29) is 11.6 Å². The average Bonchev–Trinajstić information content (AvgIpc) is 2.45. The second-order valence-electron chi connectivity index (χ2n) is 6.39. The molecule has 0 bridgehead atoms. The number of ether oxygens (including phenoxy) is 2. The Morgan fingerprint density at radius 3 is 2.85 bits per heavy atom. The molecular weight excluding hydrogens is 250 g/mol. The van der Waals surface area contributed by atoms with Crippen LogP contribution in [0.5, 0.6) is 5.75 Å². The lowest BCUT2D eigenvalue weighted by Gasteiger charge is -2.48.